The van der Waals surface area contributed by atoms with E-state index in [1.165, 1.54) is 205 Å². The summed E-state index contributed by atoms with van der Waals surface area (Å²) in [5.41, 5.74) is 0. The normalized spacial score (nSPS) is 12.5. The lowest BCUT2D eigenvalue weighted by Gasteiger charge is -2.18. The molecule has 6 heteroatoms. The predicted molar refractivity (Wildman–Crippen MR) is 325 cm³/mol. The number of unbranched alkanes of at least 4 members (excludes halogenated alkanes) is 36. The third kappa shape index (κ3) is 61.6. The van der Waals surface area contributed by atoms with Crippen LogP contribution in [0.1, 0.15) is 329 Å². The van der Waals surface area contributed by atoms with Gasteiger partial charge in [-0.1, -0.05) is 299 Å². The van der Waals surface area contributed by atoms with Crippen LogP contribution in [0.5, 0.6) is 0 Å². The van der Waals surface area contributed by atoms with Crippen molar-refractivity contribution < 1.29 is 28.6 Å². The summed E-state index contributed by atoms with van der Waals surface area (Å²) in [5.74, 6) is -0.937. The molecule has 0 spiro atoms. The van der Waals surface area contributed by atoms with Crippen molar-refractivity contribution in [2.45, 2.75) is 335 Å². The average molecular weight is 1050 g/mol. The van der Waals surface area contributed by atoms with Crippen LogP contribution in [-0.2, 0) is 28.6 Å². The Kier molecular flexibility index (Phi) is 60.7. The van der Waals surface area contributed by atoms with E-state index in [4.69, 9.17) is 14.2 Å². The first-order valence-corrected chi connectivity index (χ1v) is 32.4. The van der Waals surface area contributed by atoms with Gasteiger partial charge in [0.15, 0.2) is 6.10 Å². The van der Waals surface area contributed by atoms with Gasteiger partial charge in [0.05, 0.1) is 0 Å². The van der Waals surface area contributed by atoms with E-state index in [9.17, 15) is 14.4 Å². The fraction of sp³-hybridized carbons (Fsp3) is 0.783. The van der Waals surface area contributed by atoms with Crippen LogP contribution in [0.4, 0.5) is 0 Å². The van der Waals surface area contributed by atoms with Gasteiger partial charge in [0.25, 0.3) is 0 Å². The molecule has 0 radical (unpaired) electrons. The number of hydrogen-bond donors (Lipinski definition) is 0. The summed E-state index contributed by atoms with van der Waals surface area (Å²) >= 11 is 0. The van der Waals surface area contributed by atoms with Gasteiger partial charge in [-0.3, -0.25) is 14.4 Å². The summed E-state index contributed by atoms with van der Waals surface area (Å²) in [7, 11) is 0. The van der Waals surface area contributed by atoms with Gasteiger partial charge in [0, 0.05) is 19.3 Å². The molecule has 75 heavy (non-hydrogen) atoms. The maximum atomic E-state index is 12.9. The summed E-state index contributed by atoms with van der Waals surface area (Å²) in [5, 5.41) is 0. The van der Waals surface area contributed by atoms with E-state index in [0.29, 0.717) is 19.3 Å². The molecule has 434 valence electrons. The highest BCUT2D eigenvalue weighted by Gasteiger charge is 2.19. The van der Waals surface area contributed by atoms with Gasteiger partial charge in [-0.2, -0.15) is 0 Å². The van der Waals surface area contributed by atoms with E-state index >= 15 is 0 Å². The number of carbonyl (C=O) groups excluding carboxylic acids is 3. The molecule has 0 aliphatic carbocycles. The maximum Gasteiger partial charge on any atom is 0.306 e. The number of esters is 3. The van der Waals surface area contributed by atoms with E-state index in [-0.39, 0.29) is 37.5 Å². The van der Waals surface area contributed by atoms with Gasteiger partial charge in [0.1, 0.15) is 13.2 Å². The SMILES string of the molecule is CC/C=C\C/C=C\C/C=C\C/C=C\C/C=C\CCCC(=O)OC(COC(=O)CCCCCCCCCCCCCCC/C=C\CCCCCCCCCC)COC(=O)CCCCCCCCCCCCCCCCC. The molecule has 0 amide bonds. The Hall–Kier alpha value is -3.15. The third-order valence-electron chi connectivity index (χ3n) is 14.2. The van der Waals surface area contributed by atoms with Crippen molar-refractivity contribution in [2.24, 2.45) is 0 Å². The van der Waals surface area contributed by atoms with Gasteiger partial charge < -0.3 is 14.2 Å². The van der Waals surface area contributed by atoms with Crippen molar-refractivity contribution in [3.8, 4) is 0 Å². The molecule has 0 aromatic heterocycles. The van der Waals surface area contributed by atoms with Gasteiger partial charge in [-0.15, -0.1) is 0 Å². The quantitative estimate of drug-likeness (QED) is 0.0261. The molecule has 1 atom stereocenters. The topological polar surface area (TPSA) is 78.9 Å². The monoisotopic (exact) mass is 1050 g/mol. The van der Waals surface area contributed by atoms with Gasteiger partial charge in [0.2, 0.25) is 0 Å². The standard InChI is InChI=1S/C69H122O6/c1-4-7-10-13-16-19-22-25-28-30-31-32-33-34-35-36-37-39-41-44-47-50-53-56-59-62-68(71)74-65-66(64-73-67(70)61-58-55-52-49-46-43-40-27-24-21-18-15-12-9-6-3)75-69(72)63-60-57-54-51-48-45-42-38-29-26-23-20-17-14-11-8-5-2/h8,11,17,20,26,29-31,42,45,51,54,66H,4-7,9-10,12-16,18-19,21-25,27-28,32-41,43-44,46-50,52-53,55-65H2,1-3H3/b11-8-,20-17-,29-26-,31-30-,45-42-,54-51-. The van der Waals surface area contributed by atoms with Gasteiger partial charge in [-0.25, -0.2) is 0 Å². The molecule has 0 heterocycles. The van der Waals surface area contributed by atoms with Crippen LogP contribution in [0.2, 0.25) is 0 Å². The minimum absolute atomic E-state index is 0.0946. The summed E-state index contributed by atoms with van der Waals surface area (Å²) in [6.45, 7) is 6.52. The van der Waals surface area contributed by atoms with Crippen molar-refractivity contribution in [1.82, 2.24) is 0 Å². The van der Waals surface area contributed by atoms with Gasteiger partial charge in [-0.05, 0) is 83.5 Å². The van der Waals surface area contributed by atoms with Crippen LogP contribution < -0.4 is 0 Å². The molecular weight excluding hydrogens is 925 g/mol. The van der Waals surface area contributed by atoms with E-state index in [0.717, 1.165) is 77.0 Å². The molecule has 6 nitrogen and oxygen atoms in total. The highest BCUT2D eigenvalue weighted by Crippen LogP contribution is 2.17. The fourth-order valence-electron chi connectivity index (χ4n) is 9.36. The van der Waals surface area contributed by atoms with Crippen LogP contribution in [0.15, 0.2) is 72.9 Å². The van der Waals surface area contributed by atoms with Crippen LogP contribution in [0.25, 0.3) is 0 Å². The molecule has 0 fully saturated rings. The van der Waals surface area contributed by atoms with E-state index < -0.39 is 6.10 Å². The molecule has 0 aliphatic heterocycles. The predicted octanol–water partition coefficient (Wildman–Crippen LogP) is 22.1. The Labute approximate surface area is 465 Å². The molecule has 0 rings (SSSR count). The minimum Gasteiger partial charge on any atom is -0.462 e. The lowest BCUT2D eigenvalue weighted by molar-refractivity contribution is -0.167. The van der Waals surface area contributed by atoms with Crippen molar-refractivity contribution >= 4 is 17.9 Å². The highest BCUT2D eigenvalue weighted by atomic mass is 16.6. The Morgan fingerprint density at radius 1 is 0.280 bits per heavy atom. The minimum atomic E-state index is -0.804. The number of allylic oxidation sites excluding steroid dienone is 12. The molecule has 0 aromatic rings. The van der Waals surface area contributed by atoms with E-state index in [2.05, 4.69) is 93.7 Å². The fourth-order valence-corrected chi connectivity index (χ4v) is 9.36. The molecule has 0 saturated carbocycles. The van der Waals surface area contributed by atoms with Crippen molar-refractivity contribution in [3.63, 3.8) is 0 Å². The Morgan fingerprint density at radius 3 is 0.867 bits per heavy atom. The molecule has 0 aliphatic rings. The Morgan fingerprint density at radius 2 is 0.533 bits per heavy atom. The lowest BCUT2D eigenvalue weighted by Crippen LogP contribution is -2.30. The molecule has 1 unspecified atom stereocenters. The number of rotatable bonds is 59. The second-order valence-electron chi connectivity index (χ2n) is 21.6. The summed E-state index contributed by atoms with van der Waals surface area (Å²) in [6, 6.07) is 0. The lowest BCUT2D eigenvalue weighted by atomic mass is 10.0. The van der Waals surface area contributed by atoms with Crippen LogP contribution in [-0.4, -0.2) is 37.2 Å². The summed E-state index contributed by atoms with van der Waals surface area (Å²) < 4.78 is 16.9. The number of hydrogen-bond acceptors (Lipinski definition) is 6. The maximum absolute atomic E-state index is 12.9. The third-order valence-corrected chi connectivity index (χ3v) is 14.2. The number of ether oxygens (including phenoxy) is 3. The van der Waals surface area contributed by atoms with Crippen LogP contribution in [0.3, 0.4) is 0 Å². The molecular formula is C69H122O6. The first-order chi connectivity index (χ1) is 37.0. The Balaban J connectivity index is 4.34. The summed E-state index contributed by atoms with van der Waals surface area (Å²) in [4.78, 5) is 38.3. The molecule has 0 N–H and O–H groups in total. The second kappa shape index (κ2) is 63.4. The molecule has 0 bridgehead atoms. The van der Waals surface area contributed by atoms with Crippen LogP contribution >= 0.6 is 0 Å². The van der Waals surface area contributed by atoms with Gasteiger partial charge >= 0.3 is 17.9 Å². The van der Waals surface area contributed by atoms with E-state index in [1.807, 2.05) is 0 Å². The number of carbonyl (C=O) groups is 3. The largest absolute Gasteiger partial charge is 0.462 e. The molecule has 0 saturated heterocycles. The van der Waals surface area contributed by atoms with Crippen molar-refractivity contribution in [1.29, 1.82) is 0 Å². The first kappa shape index (κ1) is 71.8. The summed E-state index contributed by atoms with van der Waals surface area (Å²) in [6.07, 6.45) is 82.1. The second-order valence-corrected chi connectivity index (χ2v) is 21.6. The van der Waals surface area contributed by atoms with Crippen molar-refractivity contribution in [3.05, 3.63) is 72.9 Å². The molecule has 0 aromatic carbocycles. The zero-order valence-corrected chi connectivity index (χ0v) is 49.8. The van der Waals surface area contributed by atoms with Crippen LogP contribution in [0, 0.1) is 0 Å². The van der Waals surface area contributed by atoms with E-state index in [1.54, 1.807) is 0 Å². The smallest absolute Gasteiger partial charge is 0.306 e. The zero-order valence-electron chi connectivity index (χ0n) is 49.8. The first-order valence-electron chi connectivity index (χ1n) is 32.4. The average Bonchev–Trinajstić information content (AvgIpc) is 3.41. The van der Waals surface area contributed by atoms with Crippen molar-refractivity contribution in [2.75, 3.05) is 13.2 Å². The Bertz CT molecular complexity index is 1390. The highest BCUT2D eigenvalue weighted by molar-refractivity contribution is 5.71. The zero-order chi connectivity index (χ0) is 54.3.